The van der Waals surface area contributed by atoms with Gasteiger partial charge in [0.15, 0.2) is 0 Å². The van der Waals surface area contributed by atoms with Crippen molar-refractivity contribution in [3.8, 4) is 0 Å². The number of carbonyl (C=O) groups is 1. The van der Waals surface area contributed by atoms with Gasteiger partial charge in [-0.3, -0.25) is 9.35 Å². The number of carbonyl (C=O) groups excluding carboxylic acids is 1. The minimum atomic E-state index is -4.10. The standard InChI is InChI=1S/C26H45NO7S.Na/c1-15(4-7-23(31)27-10-11-35(32,33)34)18-5-6-19-24-20(14-22(30)26(18,19)3)25(2)9-8-17(28)12-16(25)13-21(24)29;/h15-22,24,28-30H,4-14H2,1-3H3,(H,27,31)(H,32,33,34);/t15-,16+,17-,18-,19+,20+,21-,22+,24+,25+,26-;/m1./s1. The zero-order chi connectivity index (χ0) is 25.8. The SMILES string of the molecule is C[C@H](CCC(=O)NCCS(=O)(=O)O)[C@H]1CC[C@H]2[C@@H]3[C@H](O)C[C@@H]4C[C@H](O)CC[C@]4(C)[C@H]3C[C@H](O)[C@]12C.[Na]. The van der Waals surface area contributed by atoms with Crippen LogP contribution in [0.3, 0.4) is 0 Å². The number of aliphatic hydroxyl groups is 3. The molecule has 8 nitrogen and oxygen atoms in total. The van der Waals surface area contributed by atoms with Crippen LogP contribution in [0.4, 0.5) is 0 Å². The second-order valence-corrected chi connectivity index (χ2v) is 14.2. The molecule has 4 rings (SSSR count). The van der Waals surface area contributed by atoms with Crippen LogP contribution >= 0.6 is 0 Å². The molecule has 0 aromatic heterocycles. The maximum Gasteiger partial charge on any atom is 0.266 e. The molecular formula is C26H45NNaO7S. The Labute approximate surface area is 238 Å². The van der Waals surface area contributed by atoms with Gasteiger partial charge in [0.2, 0.25) is 5.91 Å². The molecule has 4 aliphatic rings. The largest absolute Gasteiger partial charge is 0.393 e. The molecule has 5 N–H and O–H groups in total. The molecule has 0 heterocycles. The van der Waals surface area contributed by atoms with Crippen LogP contribution < -0.4 is 5.32 Å². The van der Waals surface area contributed by atoms with Crippen molar-refractivity contribution in [3.63, 3.8) is 0 Å². The van der Waals surface area contributed by atoms with Crippen molar-refractivity contribution >= 4 is 45.6 Å². The quantitative estimate of drug-likeness (QED) is 0.246. The first-order valence-electron chi connectivity index (χ1n) is 13.5. The molecule has 0 bridgehead atoms. The van der Waals surface area contributed by atoms with E-state index in [1.54, 1.807) is 0 Å². The summed E-state index contributed by atoms with van der Waals surface area (Å²) in [6.07, 6.45) is 5.67. The second-order valence-electron chi connectivity index (χ2n) is 12.7. The molecular weight excluding hydrogens is 493 g/mol. The zero-order valence-corrected chi connectivity index (χ0v) is 25.2. The topological polar surface area (TPSA) is 144 Å². The van der Waals surface area contributed by atoms with E-state index in [1.807, 2.05) is 0 Å². The molecule has 4 aliphatic carbocycles. The van der Waals surface area contributed by atoms with E-state index in [0.29, 0.717) is 18.8 Å². The smallest absolute Gasteiger partial charge is 0.266 e. The Kier molecular flexibility index (Phi) is 9.75. The first-order chi connectivity index (χ1) is 16.3. The summed E-state index contributed by atoms with van der Waals surface area (Å²) in [6.45, 7) is 6.56. The van der Waals surface area contributed by atoms with Crippen LogP contribution in [0.1, 0.15) is 78.6 Å². The van der Waals surface area contributed by atoms with Crippen molar-refractivity contribution in [2.45, 2.75) is 96.9 Å². The Bertz CT molecular complexity index is 903. The van der Waals surface area contributed by atoms with Gasteiger partial charge in [-0.05, 0) is 97.7 Å². The van der Waals surface area contributed by atoms with Crippen LogP contribution in [-0.4, -0.2) is 94.4 Å². The van der Waals surface area contributed by atoms with E-state index in [1.165, 1.54) is 0 Å². The van der Waals surface area contributed by atoms with E-state index in [4.69, 9.17) is 4.55 Å². The molecule has 0 spiro atoms. The third-order valence-electron chi connectivity index (χ3n) is 11.0. The maximum atomic E-state index is 12.2. The molecule has 11 atom stereocenters. The fraction of sp³-hybridized carbons (Fsp3) is 0.962. The monoisotopic (exact) mass is 538 g/mol. The van der Waals surface area contributed by atoms with Crippen LogP contribution in [0.5, 0.6) is 0 Å². The maximum absolute atomic E-state index is 12.2. The van der Waals surface area contributed by atoms with Gasteiger partial charge in [-0.15, -0.1) is 0 Å². The van der Waals surface area contributed by atoms with E-state index >= 15 is 0 Å². The number of rotatable bonds is 7. The van der Waals surface area contributed by atoms with Gasteiger partial charge >= 0.3 is 0 Å². The van der Waals surface area contributed by atoms with E-state index in [2.05, 4.69) is 26.1 Å². The van der Waals surface area contributed by atoms with Gasteiger partial charge in [-0.2, -0.15) is 8.42 Å². The Morgan fingerprint density at radius 3 is 2.42 bits per heavy atom. The molecule has 1 amide bonds. The molecule has 0 unspecified atom stereocenters. The summed E-state index contributed by atoms with van der Waals surface area (Å²) in [5.41, 5.74) is -0.254. The summed E-state index contributed by atoms with van der Waals surface area (Å²) in [5.74, 6) is 0.705. The average molecular weight is 539 g/mol. The summed E-state index contributed by atoms with van der Waals surface area (Å²) in [7, 11) is -4.10. The molecule has 10 heteroatoms. The van der Waals surface area contributed by atoms with Crippen molar-refractivity contribution in [1.82, 2.24) is 5.32 Å². The summed E-state index contributed by atoms with van der Waals surface area (Å²) in [4.78, 5) is 12.2. The van der Waals surface area contributed by atoms with Gasteiger partial charge < -0.3 is 20.6 Å². The van der Waals surface area contributed by atoms with Crippen molar-refractivity contribution in [3.05, 3.63) is 0 Å². The predicted octanol–water partition coefficient (Wildman–Crippen LogP) is 1.99. The molecule has 1 radical (unpaired) electrons. The van der Waals surface area contributed by atoms with Gasteiger partial charge in [0, 0.05) is 42.5 Å². The summed E-state index contributed by atoms with van der Waals surface area (Å²) < 4.78 is 30.5. The average Bonchev–Trinajstić information content (AvgIpc) is 3.12. The van der Waals surface area contributed by atoms with Crippen LogP contribution in [0.25, 0.3) is 0 Å². The number of nitrogens with one attached hydrogen (secondary N) is 1. The Balaban J connectivity index is 0.00000361. The Hall–Kier alpha value is 0.260. The van der Waals surface area contributed by atoms with Crippen molar-refractivity contribution < 1.29 is 33.1 Å². The van der Waals surface area contributed by atoms with Gasteiger partial charge in [0.1, 0.15) is 0 Å². The van der Waals surface area contributed by atoms with Crippen molar-refractivity contribution in [2.75, 3.05) is 12.3 Å². The van der Waals surface area contributed by atoms with Gasteiger partial charge in [-0.25, -0.2) is 0 Å². The van der Waals surface area contributed by atoms with E-state index in [9.17, 15) is 28.5 Å². The minimum Gasteiger partial charge on any atom is -0.393 e. The molecule has 4 saturated carbocycles. The molecule has 0 aliphatic heterocycles. The number of fused-ring (bicyclic) bond motifs is 5. The van der Waals surface area contributed by atoms with E-state index in [-0.39, 0.29) is 95.0 Å². The predicted molar refractivity (Wildman–Crippen MR) is 138 cm³/mol. The van der Waals surface area contributed by atoms with E-state index in [0.717, 1.165) is 38.5 Å². The summed E-state index contributed by atoms with van der Waals surface area (Å²) in [6, 6.07) is 0. The number of aliphatic hydroxyl groups excluding tert-OH is 3. The molecule has 36 heavy (non-hydrogen) atoms. The third-order valence-corrected chi connectivity index (χ3v) is 11.7. The summed E-state index contributed by atoms with van der Waals surface area (Å²) in [5, 5.41) is 35.8. The van der Waals surface area contributed by atoms with Gasteiger partial charge in [0.25, 0.3) is 10.1 Å². The number of hydrogen-bond acceptors (Lipinski definition) is 6. The van der Waals surface area contributed by atoms with Crippen LogP contribution in [0, 0.1) is 46.3 Å². The van der Waals surface area contributed by atoms with Crippen LogP contribution in [0.2, 0.25) is 0 Å². The number of hydrogen-bond donors (Lipinski definition) is 5. The molecule has 0 saturated heterocycles. The number of amides is 1. The molecule has 203 valence electrons. The van der Waals surface area contributed by atoms with E-state index < -0.39 is 28.1 Å². The summed E-state index contributed by atoms with van der Waals surface area (Å²) >= 11 is 0. The van der Waals surface area contributed by atoms with Crippen molar-refractivity contribution in [1.29, 1.82) is 0 Å². The Morgan fingerprint density at radius 1 is 1.06 bits per heavy atom. The normalized spacial score (nSPS) is 45.0. The fourth-order valence-corrected chi connectivity index (χ4v) is 9.46. The van der Waals surface area contributed by atoms with Crippen molar-refractivity contribution in [2.24, 2.45) is 46.3 Å². The van der Waals surface area contributed by atoms with Gasteiger partial charge in [0.05, 0.1) is 24.1 Å². The fourth-order valence-electron chi connectivity index (χ4n) is 9.10. The molecule has 0 aromatic carbocycles. The first-order valence-corrected chi connectivity index (χ1v) is 15.1. The third kappa shape index (κ3) is 5.74. The second kappa shape index (κ2) is 11.4. The minimum absolute atomic E-state index is 0. The Morgan fingerprint density at radius 2 is 1.75 bits per heavy atom. The first kappa shape index (κ1) is 30.8. The van der Waals surface area contributed by atoms with Gasteiger partial charge in [-0.1, -0.05) is 20.8 Å². The molecule has 4 fully saturated rings. The zero-order valence-electron chi connectivity index (χ0n) is 22.4. The van der Waals surface area contributed by atoms with Crippen LogP contribution in [0.15, 0.2) is 0 Å². The van der Waals surface area contributed by atoms with Crippen LogP contribution in [-0.2, 0) is 14.9 Å². The molecule has 0 aromatic rings.